The van der Waals surface area contributed by atoms with Crippen LogP contribution < -0.4 is 5.32 Å². The van der Waals surface area contributed by atoms with Crippen molar-refractivity contribution in [2.24, 2.45) is 7.05 Å². The number of nitrogens with zero attached hydrogens (tertiary/aromatic N) is 4. The van der Waals surface area contributed by atoms with Crippen LogP contribution in [0, 0.1) is 0 Å². The summed E-state index contributed by atoms with van der Waals surface area (Å²) in [5, 5.41) is 7.47. The summed E-state index contributed by atoms with van der Waals surface area (Å²) in [5.74, 6) is 1.84. The summed E-state index contributed by atoms with van der Waals surface area (Å²) in [7, 11) is 1.96. The number of carbonyl (C=O) groups excluding carboxylic acids is 1. The molecule has 130 valence electrons. The summed E-state index contributed by atoms with van der Waals surface area (Å²) in [6.45, 7) is 6.27. The lowest BCUT2D eigenvalue weighted by atomic mass is 10.0. The van der Waals surface area contributed by atoms with Gasteiger partial charge in [0, 0.05) is 51.1 Å². The average Bonchev–Trinajstić information content (AvgIpc) is 3.20. The van der Waals surface area contributed by atoms with Gasteiger partial charge < -0.3 is 19.3 Å². The maximum absolute atomic E-state index is 13.0. The number of hydrogen-bond acceptors (Lipinski definition) is 5. The predicted molar refractivity (Wildman–Crippen MR) is 89.5 cm³/mol. The van der Waals surface area contributed by atoms with Crippen molar-refractivity contribution in [1.29, 1.82) is 0 Å². The monoisotopic (exact) mass is 331 g/mol. The highest BCUT2D eigenvalue weighted by Gasteiger charge is 2.31. The van der Waals surface area contributed by atoms with Crippen LogP contribution in [0.4, 0.5) is 0 Å². The van der Waals surface area contributed by atoms with E-state index in [1.807, 2.05) is 36.6 Å². The zero-order valence-electron chi connectivity index (χ0n) is 14.6. The van der Waals surface area contributed by atoms with Gasteiger partial charge in [-0.3, -0.25) is 4.79 Å². The Morgan fingerprint density at radius 2 is 2.25 bits per heavy atom. The largest absolute Gasteiger partial charge is 0.361 e. The third-order valence-electron chi connectivity index (χ3n) is 4.66. The van der Waals surface area contributed by atoms with Crippen LogP contribution in [0.3, 0.4) is 0 Å². The molecule has 2 aromatic rings. The standard InChI is InChI=1S/C17H25N5O2/c1-4-13-12(15(5-2)24-20-13)10-16(23)22-9-6-18-11-14(22)17-19-7-8-21(17)3/h7-8,14,18H,4-6,9-11H2,1-3H3. The van der Waals surface area contributed by atoms with E-state index in [1.165, 1.54) is 0 Å². The Labute approximate surface area is 142 Å². The van der Waals surface area contributed by atoms with Crippen molar-refractivity contribution in [3.8, 4) is 0 Å². The van der Waals surface area contributed by atoms with Gasteiger partial charge in [0.2, 0.25) is 5.91 Å². The summed E-state index contributed by atoms with van der Waals surface area (Å²) in [4.78, 5) is 19.4. The van der Waals surface area contributed by atoms with Gasteiger partial charge in [-0.2, -0.15) is 0 Å². The average molecular weight is 331 g/mol. The number of rotatable bonds is 5. The summed E-state index contributed by atoms with van der Waals surface area (Å²) in [6.07, 6.45) is 5.56. The molecule has 0 bridgehead atoms. The Balaban J connectivity index is 1.83. The molecule has 7 nitrogen and oxygen atoms in total. The van der Waals surface area contributed by atoms with Crippen LogP contribution in [-0.2, 0) is 31.1 Å². The fraction of sp³-hybridized carbons (Fsp3) is 0.588. The first-order chi connectivity index (χ1) is 11.7. The number of hydrogen-bond donors (Lipinski definition) is 1. The molecular formula is C17H25N5O2. The van der Waals surface area contributed by atoms with E-state index in [9.17, 15) is 4.79 Å². The highest BCUT2D eigenvalue weighted by atomic mass is 16.5. The molecule has 24 heavy (non-hydrogen) atoms. The Bertz CT molecular complexity index is 684. The van der Waals surface area contributed by atoms with Crippen LogP contribution in [0.2, 0.25) is 0 Å². The Hall–Kier alpha value is -2.15. The smallest absolute Gasteiger partial charge is 0.227 e. The van der Waals surface area contributed by atoms with E-state index in [-0.39, 0.29) is 11.9 Å². The molecule has 1 aliphatic heterocycles. The van der Waals surface area contributed by atoms with Crippen LogP contribution >= 0.6 is 0 Å². The van der Waals surface area contributed by atoms with Crippen LogP contribution in [0.5, 0.6) is 0 Å². The van der Waals surface area contributed by atoms with Gasteiger partial charge in [0.25, 0.3) is 0 Å². The zero-order chi connectivity index (χ0) is 17.1. The molecule has 1 fully saturated rings. The minimum atomic E-state index is -0.0405. The summed E-state index contributed by atoms with van der Waals surface area (Å²) < 4.78 is 7.37. The maximum atomic E-state index is 13.0. The molecule has 1 aliphatic rings. The lowest BCUT2D eigenvalue weighted by Gasteiger charge is -2.35. The maximum Gasteiger partial charge on any atom is 0.227 e. The van der Waals surface area contributed by atoms with Gasteiger partial charge in [0.05, 0.1) is 12.1 Å². The molecule has 0 spiro atoms. The van der Waals surface area contributed by atoms with Crippen molar-refractivity contribution in [2.75, 3.05) is 19.6 Å². The molecule has 1 unspecified atom stereocenters. The molecule has 0 aromatic carbocycles. The molecule has 1 N–H and O–H groups in total. The molecule has 7 heteroatoms. The summed E-state index contributed by atoms with van der Waals surface area (Å²) in [6, 6.07) is -0.0405. The van der Waals surface area contributed by atoms with Crippen LogP contribution in [0.15, 0.2) is 16.9 Å². The molecule has 1 amide bonds. The van der Waals surface area contributed by atoms with Gasteiger partial charge in [-0.25, -0.2) is 4.98 Å². The van der Waals surface area contributed by atoms with Gasteiger partial charge in [-0.05, 0) is 6.42 Å². The topological polar surface area (TPSA) is 76.2 Å². The number of amides is 1. The first kappa shape index (κ1) is 16.7. The van der Waals surface area contributed by atoms with Crippen molar-refractivity contribution >= 4 is 5.91 Å². The molecule has 1 saturated heterocycles. The second kappa shape index (κ2) is 7.17. The highest BCUT2D eigenvalue weighted by Crippen LogP contribution is 2.23. The van der Waals surface area contributed by atoms with E-state index in [4.69, 9.17) is 4.52 Å². The first-order valence-corrected chi connectivity index (χ1v) is 8.59. The number of carbonyl (C=O) groups is 1. The van der Waals surface area contributed by atoms with E-state index in [0.717, 1.165) is 48.8 Å². The van der Waals surface area contributed by atoms with Crippen LogP contribution in [0.1, 0.15) is 42.7 Å². The van der Waals surface area contributed by atoms with Gasteiger partial charge in [-0.1, -0.05) is 19.0 Å². The molecule has 3 rings (SSSR count). The summed E-state index contributed by atoms with van der Waals surface area (Å²) >= 11 is 0. The quantitative estimate of drug-likeness (QED) is 0.892. The lowest BCUT2D eigenvalue weighted by molar-refractivity contribution is -0.134. The molecule has 2 aromatic heterocycles. The zero-order valence-corrected chi connectivity index (χ0v) is 14.6. The Morgan fingerprint density at radius 3 is 2.92 bits per heavy atom. The number of piperazine rings is 1. The van der Waals surface area contributed by atoms with E-state index >= 15 is 0 Å². The van der Waals surface area contributed by atoms with Gasteiger partial charge >= 0.3 is 0 Å². The van der Waals surface area contributed by atoms with Crippen molar-refractivity contribution < 1.29 is 9.32 Å². The summed E-state index contributed by atoms with van der Waals surface area (Å²) in [5.41, 5.74) is 1.85. The molecule has 1 atom stereocenters. The van der Waals surface area contributed by atoms with Crippen LogP contribution in [-0.4, -0.2) is 45.1 Å². The van der Waals surface area contributed by atoms with Crippen molar-refractivity contribution in [3.05, 3.63) is 35.2 Å². The van der Waals surface area contributed by atoms with E-state index in [2.05, 4.69) is 15.5 Å². The van der Waals surface area contributed by atoms with E-state index in [1.54, 1.807) is 6.20 Å². The number of aromatic nitrogens is 3. The molecule has 0 saturated carbocycles. The highest BCUT2D eigenvalue weighted by molar-refractivity contribution is 5.79. The van der Waals surface area contributed by atoms with Gasteiger partial charge in [0.15, 0.2) is 0 Å². The van der Waals surface area contributed by atoms with Crippen LogP contribution in [0.25, 0.3) is 0 Å². The third-order valence-corrected chi connectivity index (χ3v) is 4.66. The lowest BCUT2D eigenvalue weighted by Crippen LogP contribution is -2.50. The number of nitrogens with one attached hydrogen (secondary N) is 1. The normalized spacial score (nSPS) is 18.1. The van der Waals surface area contributed by atoms with Crippen molar-refractivity contribution in [2.45, 2.75) is 39.2 Å². The van der Waals surface area contributed by atoms with Crippen molar-refractivity contribution in [1.82, 2.24) is 24.9 Å². The molecule has 0 radical (unpaired) electrons. The second-order valence-electron chi connectivity index (χ2n) is 6.12. The fourth-order valence-corrected chi connectivity index (χ4v) is 3.32. The second-order valence-corrected chi connectivity index (χ2v) is 6.12. The predicted octanol–water partition coefficient (Wildman–Crippen LogP) is 1.25. The van der Waals surface area contributed by atoms with Crippen molar-refractivity contribution in [3.63, 3.8) is 0 Å². The minimum absolute atomic E-state index is 0.0405. The first-order valence-electron chi connectivity index (χ1n) is 8.59. The van der Waals surface area contributed by atoms with E-state index in [0.29, 0.717) is 13.0 Å². The van der Waals surface area contributed by atoms with Gasteiger partial charge in [-0.15, -0.1) is 0 Å². The Kier molecular flexibility index (Phi) is 4.99. The van der Waals surface area contributed by atoms with Gasteiger partial charge in [0.1, 0.15) is 17.6 Å². The molecule has 3 heterocycles. The fourth-order valence-electron chi connectivity index (χ4n) is 3.32. The van der Waals surface area contributed by atoms with E-state index < -0.39 is 0 Å². The molecule has 0 aliphatic carbocycles. The molecular weight excluding hydrogens is 306 g/mol. The minimum Gasteiger partial charge on any atom is -0.361 e. The number of imidazole rings is 1. The Morgan fingerprint density at radius 1 is 1.42 bits per heavy atom. The number of aryl methyl sites for hydroxylation is 3. The third kappa shape index (κ3) is 3.08. The SMILES string of the molecule is CCc1noc(CC)c1CC(=O)N1CCNCC1c1nccn1C.